The normalized spacial score (nSPS) is 25.9. The van der Waals surface area contributed by atoms with Gasteiger partial charge in [0.1, 0.15) is 18.3 Å². The maximum atomic E-state index is 11.1. The molecule has 0 aliphatic carbocycles. The van der Waals surface area contributed by atoms with E-state index in [-0.39, 0.29) is 24.3 Å². The number of ether oxygens (including phenoxy) is 3. The Labute approximate surface area is 125 Å². The van der Waals surface area contributed by atoms with Gasteiger partial charge in [-0.05, 0) is 26.3 Å². The van der Waals surface area contributed by atoms with Crippen LogP contribution in [-0.2, 0) is 19.0 Å². The van der Waals surface area contributed by atoms with Gasteiger partial charge in [-0.25, -0.2) is 0 Å². The number of benzene rings is 1. The van der Waals surface area contributed by atoms with Gasteiger partial charge in [-0.1, -0.05) is 42.5 Å². The Bertz CT molecular complexity index is 507. The zero-order valence-electron chi connectivity index (χ0n) is 12.9. The summed E-state index contributed by atoms with van der Waals surface area (Å²) in [6.07, 6.45) is 3.01. The third kappa shape index (κ3) is 4.41. The largest absolute Gasteiger partial charge is 0.460 e. The van der Waals surface area contributed by atoms with Gasteiger partial charge in [-0.2, -0.15) is 0 Å². The SMILES string of the molecule is CC(=O)O[C@H](C)[C@@H]1OC(C)(C)O[C@@H]1/C=C/c1ccccc1. The number of hydrogen-bond acceptors (Lipinski definition) is 4. The fourth-order valence-corrected chi connectivity index (χ4v) is 2.43. The molecule has 2 rings (SSSR count). The number of carbonyl (C=O) groups excluding carboxylic acids is 1. The van der Waals surface area contributed by atoms with Crippen molar-refractivity contribution in [3.8, 4) is 0 Å². The van der Waals surface area contributed by atoms with Crippen LogP contribution >= 0.6 is 0 Å². The Morgan fingerprint density at radius 3 is 2.57 bits per heavy atom. The van der Waals surface area contributed by atoms with Crippen molar-refractivity contribution in [1.82, 2.24) is 0 Å². The maximum Gasteiger partial charge on any atom is 0.302 e. The molecule has 0 unspecified atom stereocenters. The highest BCUT2D eigenvalue weighted by Crippen LogP contribution is 2.32. The average Bonchev–Trinajstić information content (AvgIpc) is 2.72. The average molecular weight is 290 g/mol. The van der Waals surface area contributed by atoms with Crippen LogP contribution in [0.5, 0.6) is 0 Å². The molecule has 0 bridgehead atoms. The lowest BCUT2D eigenvalue weighted by Gasteiger charge is -2.21. The Kier molecular flexibility index (Phi) is 4.80. The zero-order valence-corrected chi connectivity index (χ0v) is 12.9. The molecular formula is C17H22O4. The molecule has 1 heterocycles. The van der Waals surface area contributed by atoms with Crippen molar-refractivity contribution < 1.29 is 19.0 Å². The van der Waals surface area contributed by atoms with Gasteiger partial charge in [0.25, 0.3) is 0 Å². The van der Waals surface area contributed by atoms with Crippen molar-refractivity contribution in [3.05, 3.63) is 42.0 Å². The second-order valence-electron chi connectivity index (χ2n) is 5.65. The Hall–Kier alpha value is -1.65. The van der Waals surface area contributed by atoms with Gasteiger partial charge in [0.15, 0.2) is 5.79 Å². The van der Waals surface area contributed by atoms with Crippen LogP contribution in [0.25, 0.3) is 6.08 Å². The lowest BCUT2D eigenvalue weighted by atomic mass is 10.1. The van der Waals surface area contributed by atoms with Crippen LogP contribution in [0.2, 0.25) is 0 Å². The Balaban J connectivity index is 2.11. The summed E-state index contributed by atoms with van der Waals surface area (Å²) in [5.41, 5.74) is 1.09. The summed E-state index contributed by atoms with van der Waals surface area (Å²) in [4.78, 5) is 11.1. The minimum absolute atomic E-state index is 0.255. The minimum Gasteiger partial charge on any atom is -0.460 e. The molecule has 0 amide bonds. The molecule has 0 spiro atoms. The number of rotatable bonds is 4. The van der Waals surface area contributed by atoms with Crippen molar-refractivity contribution in [2.45, 2.75) is 51.8 Å². The molecule has 1 aromatic rings. The summed E-state index contributed by atoms with van der Waals surface area (Å²) in [5.74, 6) is -1.01. The zero-order chi connectivity index (χ0) is 15.5. The van der Waals surface area contributed by atoms with Gasteiger partial charge in [-0.3, -0.25) is 4.79 Å². The quantitative estimate of drug-likeness (QED) is 0.799. The summed E-state index contributed by atoms with van der Waals surface area (Å²) in [6.45, 7) is 6.93. The first-order valence-electron chi connectivity index (χ1n) is 7.13. The van der Waals surface area contributed by atoms with Crippen LogP contribution in [0.1, 0.15) is 33.3 Å². The standard InChI is InChI=1S/C17H22O4/c1-12(19-13(2)18)16-15(20-17(3,4)21-16)11-10-14-8-6-5-7-9-14/h5-12,15-16H,1-4H3/b11-10+/t12-,15-,16+/m1/s1. The molecule has 0 saturated carbocycles. The molecule has 1 saturated heterocycles. The summed E-state index contributed by atoms with van der Waals surface area (Å²) >= 11 is 0. The fourth-order valence-electron chi connectivity index (χ4n) is 2.43. The molecule has 21 heavy (non-hydrogen) atoms. The van der Waals surface area contributed by atoms with Crippen LogP contribution in [-0.4, -0.2) is 30.1 Å². The highest BCUT2D eigenvalue weighted by Gasteiger charge is 2.43. The first kappa shape index (κ1) is 15.7. The van der Waals surface area contributed by atoms with Gasteiger partial charge >= 0.3 is 5.97 Å². The molecule has 0 aromatic heterocycles. The minimum atomic E-state index is -0.690. The van der Waals surface area contributed by atoms with Crippen molar-refractivity contribution in [3.63, 3.8) is 0 Å². The smallest absolute Gasteiger partial charge is 0.302 e. The fraction of sp³-hybridized carbons (Fsp3) is 0.471. The van der Waals surface area contributed by atoms with Crippen LogP contribution in [0.4, 0.5) is 0 Å². The lowest BCUT2D eigenvalue weighted by molar-refractivity contribution is -0.167. The summed E-state index contributed by atoms with van der Waals surface area (Å²) in [5, 5.41) is 0. The molecule has 4 heteroatoms. The molecule has 0 radical (unpaired) electrons. The van der Waals surface area contributed by atoms with E-state index in [0.717, 1.165) is 5.56 Å². The Morgan fingerprint density at radius 1 is 1.29 bits per heavy atom. The van der Waals surface area contributed by atoms with Gasteiger partial charge in [0, 0.05) is 6.92 Å². The molecule has 1 aliphatic heterocycles. The van der Waals surface area contributed by atoms with E-state index in [4.69, 9.17) is 14.2 Å². The molecule has 114 valence electrons. The second kappa shape index (κ2) is 6.41. The molecular weight excluding hydrogens is 268 g/mol. The van der Waals surface area contributed by atoms with Crippen molar-refractivity contribution >= 4 is 12.0 Å². The highest BCUT2D eigenvalue weighted by molar-refractivity contribution is 5.66. The van der Waals surface area contributed by atoms with E-state index in [2.05, 4.69) is 0 Å². The number of carbonyl (C=O) groups is 1. The van der Waals surface area contributed by atoms with Crippen LogP contribution in [0.15, 0.2) is 36.4 Å². The van der Waals surface area contributed by atoms with E-state index in [1.165, 1.54) is 6.92 Å². The Morgan fingerprint density at radius 2 is 1.95 bits per heavy atom. The van der Waals surface area contributed by atoms with Crippen LogP contribution < -0.4 is 0 Å². The molecule has 3 atom stereocenters. The first-order chi connectivity index (χ1) is 9.87. The number of hydrogen-bond donors (Lipinski definition) is 0. The van der Waals surface area contributed by atoms with E-state index in [1.54, 1.807) is 0 Å². The van der Waals surface area contributed by atoms with Crippen LogP contribution in [0.3, 0.4) is 0 Å². The van der Waals surface area contributed by atoms with Crippen molar-refractivity contribution in [1.29, 1.82) is 0 Å². The van der Waals surface area contributed by atoms with Crippen LogP contribution in [0, 0.1) is 0 Å². The molecule has 1 aliphatic rings. The monoisotopic (exact) mass is 290 g/mol. The number of esters is 1. The topological polar surface area (TPSA) is 44.8 Å². The summed E-state index contributed by atoms with van der Waals surface area (Å²) in [7, 11) is 0. The van der Waals surface area contributed by atoms with E-state index in [9.17, 15) is 4.79 Å². The first-order valence-corrected chi connectivity index (χ1v) is 7.13. The van der Waals surface area contributed by atoms with Gasteiger partial charge in [0.05, 0.1) is 0 Å². The van der Waals surface area contributed by atoms with Crippen molar-refractivity contribution in [2.24, 2.45) is 0 Å². The molecule has 1 aromatic carbocycles. The lowest BCUT2D eigenvalue weighted by Crippen LogP contribution is -2.35. The predicted octanol–water partition coefficient (Wildman–Crippen LogP) is 3.17. The van der Waals surface area contributed by atoms with E-state index in [0.29, 0.717) is 0 Å². The third-order valence-electron chi connectivity index (χ3n) is 3.26. The third-order valence-corrected chi connectivity index (χ3v) is 3.26. The highest BCUT2D eigenvalue weighted by atomic mass is 16.8. The molecule has 1 fully saturated rings. The van der Waals surface area contributed by atoms with Gasteiger partial charge in [0.2, 0.25) is 0 Å². The van der Waals surface area contributed by atoms with E-state index < -0.39 is 5.79 Å². The van der Waals surface area contributed by atoms with Gasteiger partial charge in [-0.15, -0.1) is 0 Å². The van der Waals surface area contributed by atoms with Gasteiger partial charge < -0.3 is 14.2 Å². The molecule has 0 N–H and O–H groups in total. The second-order valence-corrected chi connectivity index (χ2v) is 5.65. The summed E-state index contributed by atoms with van der Waals surface area (Å²) in [6, 6.07) is 9.97. The van der Waals surface area contributed by atoms with E-state index in [1.807, 2.05) is 63.3 Å². The predicted molar refractivity (Wildman–Crippen MR) is 80.5 cm³/mol. The van der Waals surface area contributed by atoms with Crippen molar-refractivity contribution in [2.75, 3.05) is 0 Å². The summed E-state index contributed by atoms with van der Waals surface area (Å²) < 4.78 is 17.0. The maximum absolute atomic E-state index is 11.1. The molecule has 4 nitrogen and oxygen atoms in total. The van der Waals surface area contributed by atoms with E-state index >= 15 is 0 Å².